The summed E-state index contributed by atoms with van der Waals surface area (Å²) in [6.45, 7) is 0.698. The minimum atomic E-state index is -4.65. The number of alkyl halides is 3. The van der Waals surface area contributed by atoms with Crippen molar-refractivity contribution in [3.05, 3.63) is 28.2 Å². The van der Waals surface area contributed by atoms with Gasteiger partial charge >= 0.3 is 18.1 Å². The van der Waals surface area contributed by atoms with E-state index in [4.69, 9.17) is 27.9 Å². The third kappa shape index (κ3) is 6.11. The first-order valence-corrected chi connectivity index (χ1v) is 6.77. The number of esters is 2. The van der Waals surface area contributed by atoms with Crippen LogP contribution >= 0.6 is 23.2 Å². The summed E-state index contributed by atoms with van der Waals surface area (Å²) in [6, 6.07) is 4.15. The molecule has 1 aromatic carbocycles. The van der Waals surface area contributed by atoms with Crippen LogP contribution in [0.3, 0.4) is 0 Å². The van der Waals surface area contributed by atoms with Gasteiger partial charge in [-0.1, -0.05) is 23.2 Å². The minimum Gasteiger partial charge on any atom is -0.453 e. The summed E-state index contributed by atoms with van der Waals surface area (Å²) in [5.41, 5.74) is 0. The molecule has 0 saturated heterocycles. The summed E-state index contributed by atoms with van der Waals surface area (Å²) >= 11 is 11.4. The Kier molecular flexibility index (Phi) is 6.49. The van der Waals surface area contributed by atoms with Crippen molar-refractivity contribution in [2.24, 2.45) is 0 Å². The van der Waals surface area contributed by atoms with Gasteiger partial charge in [-0.2, -0.15) is 13.2 Å². The van der Waals surface area contributed by atoms with Crippen LogP contribution in [0.25, 0.3) is 0 Å². The molecule has 0 heterocycles. The molecular formula is C13H11Cl2F3O4. The Balaban J connectivity index is 2.44. The lowest BCUT2D eigenvalue weighted by Crippen LogP contribution is -2.31. The molecule has 0 fully saturated rings. The van der Waals surface area contributed by atoms with E-state index in [2.05, 4.69) is 4.74 Å². The zero-order valence-corrected chi connectivity index (χ0v) is 12.8. The van der Waals surface area contributed by atoms with Crippen LogP contribution in [-0.2, 0) is 14.3 Å². The van der Waals surface area contributed by atoms with Crippen molar-refractivity contribution in [2.75, 3.05) is 0 Å². The Bertz CT molecular complexity index is 561. The molecular weight excluding hydrogens is 348 g/mol. The molecule has 9 heteroatoms. The number of halogens is 5. The van der Waals surface area contributed by atoms with Gasteiger partial charge in [0, 0.05) is 5.02 Å². The average molecular weight is 359 g/mol. The standard InChI is InChI=1S/C13H11Cl2F3O4/c1-7(13(16,17)18)21-11(19)4-5-12(20)22-10-3-2-8(14)6-9(10)15/h2-3,6-7H,4-5H2,1H3. The van der Waals surface area contributed by atoms with Crippen LogP contribution in [0.2, 0.25) is 10.0 Å². The fraction of sp³-hybridized carbons (Fsp3) is 0.385. The molecule has 0 aromatic heterocycles. The number of carbonyl (C=O) groups excluding carboxylic acids is 2. The van der Waals surface area contributed by atoms with Gasteiger partial charge < -0.3 is 9.47 Å². The molecule has 0 saturated carbocycles. The van der Waals surface area contributed by atoms with E-state index in [1.807, 2.05) is 0 Å². The zero-order chi connectivity index (χ0) is 16.9. The summed E-state index contributed by atoms with van der Waals surface area (Å²) in [7, 11) is 0. The quantitative estimate of drug-likeness (QED) is 0.585. The number of carbonyl (C=O) groups is 2. The van der Waals surface area contributed by atoms with Crippen LogP contribution in [0.1, 0.15) is 19.8 Å². The second-order valence-corrected chi connectivity index (χ2v) is 5.07. The summed E-state index contributed by atoms with van der Waals surface area (Å²) in [4.78, 5) is 22.7. The van der Waals surface area contributed by atoms with Crippen molar-refractivity contribution in [2.45, 2.75) is 32.0 Å². The lowest BCUT2D eigenvalue weighted by molar-refractivity contribution is -0.216. The van der Waals surface area contributed by atoms with E-state index >= 15 is 0 Å². The molecule has 0 aliphatic rings. The van der Waals surface area contributed by atoms with Crippen molar-refractivity contribution in [3.8, 4) is 5.75 Å². The normalized spacial score (nSPS) is 12.6. The Hall–Kier alpha value is -1.47. The third-order valence-electron chi connectivity index (χ3n) is 2.42. The third-order valence-corrected chi connectivity index (χ3v) is 2.95. The van der Waals surface area contributed by atoms with Gasteiger partial charge in [0.15, 0.2) is 6.10 Å². The van der Waals surface area contributed by atoms with Crippen molar-refractivity contribution in [3.63, 3.8) is 0 Å². The molecule has 0 aliphatic heterocycles. The van der Waals surface area contributed by atoms with Crippen LogP contribution in [-0.4, -0.2) is 24.2 Å². The number of rotatable bonds is 5. The molecule has 1 rings (SSSR count). The number of hydrogen-bond acceptors (Lipinski definition) is 4. The summed E-state index contributed by atoms with van der Waals surface area (Å²) in [5, 5.41) is 0.434. The fourth-order valence-electron chi connectivity index (χ4n) is 1.26. The molecule has 4 nitrogen and oxygen atoms in total. The Morgan fingerprint density at radius 3 is 2.32 bits per heavy atom. The van der Waals surface area contributed by atoms with Gasteiger partial charge in [-0.3, -0.25) is 9.59 Å². The maximum atomic E-state index is 12.2. The maximum Gasteiger partial charge on any atom is 0.425 e. The molecule has 0 spiro atoms. The lowest BCUT2D eigenvalue weighted by atomic mass is 10.3. The Morgan fingerprint density at radius 1 is 1.18 bits per heavy atom. The van der Waals surface area contributed by atoms with Crippen molar-refractivity contribution >= 4 is 35.1 Å². The molecule has 0 aliphatic carbocycles. The molecule has 122 valence electrons. The maximum absolute atomic E-state index is 12.2. The average Bonchev–Trinajstić information content (AvgIpc) is 2.38. The first-order chi connectivity index (χ1) is 10.1. The van der Waals surface area contributed by atoms with Gasteiger partial charge in [0.05, 0.1) is 17.9 Å². The van der Waals surface area contributed by atoms with Gasteiger partial charge in [0.2, 0.25) is 0 Å². The summed E-state index contributed by atoms with van der Waals surface area (Å²) < 4.78 is 45.5. The van der Waals surface area contributed by atoms with Crippen molar-refractivity contribution in [1.29, 1.82) is 0 Å². The molecule has 0 radical (unpaired) electrons. The van der Waals surface area contributed by atoms with E-state index in [-0.39, 0.29) is 10.8 Å². The van der Waals surface area contributed by atoms with E-state index in [9.17, 15) is 22.8 Å². The Morgan fingerprint density at radius 2 is 1.77 bits per heavy atom. The fourth-order valence-corrected chi connectivity index (χ4v) is 1.71. The lowest BCUT2D eigenvalue weighted by Gasteiger charge is -2.16. The van der Waals surface area contributed by atoms with E-state index < -0.39 is 37.1 Å². The van der Waals surface area contributed by atoms with Gasteiger partial charge in [0.1, 0.15) is 5.75 Å². The molecule has 1 unspecified atom stereocenters. The van der Waals surface area contributed by atoms with Crippen LogP contribution in [0.4, 0.5) is 13.2 Å². The highest BCUT2D eigenvalue weighted by Crippen LogP contribution is 2.28. The second-order valence-electron chi connectivity index (χ2n) is 4.22. The van der Waals surface area contributed by atoms with Crippen molar-refractivity contribution in [1.82, 2.24) is 0 Å². The van der Waals surface area contributed by atoms with Crippen LogP contribution in [0.15, 0.2) is 18.2 Å². The number of benzene rings is 1. The van der Waals surface area contributed by atoms with Gasteiger partial charge in [-0.15, -0.1) is 0 Å². The predicted octanol–water partition coefficient (Wildman–Crippen LogP) is 4.17. The van der Waals surface area contributed by atoms with Crippen LogP contribution < -0.4 is 4.74 Å². The SMILES string of the molecule is CC(OC(=O)CCC(=O)Oc1ccc(Cl)cc1Cl)C(F)(F)F. The summed E-state index contributed by atoms with van der Waals surface area (Å²) in [6.07, 6.45) is -7.86. The van der Waals surface area contributed by atoms with E-state index in [0.717, 1.165) is 0 Å². The first-order valence-electron chi connectivity index (χ1n) is 6.01. The van der Waals surface area contributed by atoms with Crippen LogP contribution in [0, 0.1) is 0 Å². The van der Waals surface area contributed by atoms with Gasteiger partial charge in [-0.05, 0) is 25.1 Å². The Labute approximate surface area is 134 Å². The molecule has 0 N–H and O–H groups in total. The number of hydrogen-bond donors (Lipinski definition) is 0. The van der Waals surface area contributed by atoms with E-state index in [1.54, 1.807) is 0 Å². The second kappa shape index (κ2) is 7.69. The number of ether oxygens (including phenoxy) is 2. The van der Waals surface area contributed by atoms with Crippen LogP contribution in [0.5, 0.6) is 5.75 Å². The highest BCUT2D eigenvalue weighted by molar-refractivity contribution is 6.35. The minimum absolute atomic E-state index is 0.0353. The highest BCUT2D eigenvalue weighted by Gasteiger charge is 2.39. The largest absolute Gasteiger partial charge is 0.453 e. The van der Waals surface area contributed by atoms with Crippen molar-refractivity contribution < 1.29 is 32.2 Å². The molecule has 1 atom stereocenters. The molecule has 0 amide bonds. The molecule has 0 bridgehead atoms. The first kappa shape index (κ1) is 18.6. The monoisotopic (exact) mass is 358 g/mol. The zero-order valence-electron chi connectivity index (χ0n) is 11.2. The molecule has 1 aromatic rings. The van der Waals surface area contributed by atoms with Gasteiger partial charge in [-0.25, -0.2) is 0 Å². The van der Waals surface area contributed by atoms with Gasteiger partial charge in [0.25, 0.3) is 0 Å². The van der Waals surface area contributed by atoms with E-state index in [1.165, 1.54) is 18.2 Å². The van der Waals surface area contributed by atoms with E-state index in [0.29, 0.717) is 11.9 Å². The molecule has 22 heavy (non-hydrogen) atoms. The highest BCUT2D eigenvalue weighted by atomic mass is 35.5. The topological polar surface area (TPSA) is 52.6 Å². The predicted molar refractivity (Wildman–Crippen MR) is 72.9 cm³/mol. The summed E-state index contributed by atoms with van der Waals surface area (Å²) in [5.74, 6) is -1.95. The smallest absolute Gasteiger partial charge is 0.425 e.